The van der Waals surface area contributed by atoms with E-state index in [1.165, 1.54) is 11.3 Å². The van der Waals surface area contributed by atoms with Crippen LogP contribution in [0.5, 0.6) is 0 Å². The molecule has 1 heterocycles. The quantitative estimate of drug-likeness (QED) is 0.566. The first-order chi connectivity index (χ1) is 9.59. The fourth-order valence-electron chi connectivity index (χ4n) is 1.64. The molecule has 0 saturated heterocycles. The van der Waals surface area contributed by atoms with Gasteiger partial charge in [0.2, 0.25) is 0 Å². The molecule has 0 aromatic carbocycles. The number of ketones is 1. The second-order valence-corrected chi connectivity index (χ2v) is 8.81. The molecule has 0 atom stereocenters. The summed E-state index contributed by atoms with van der Waals surface area (Å²) < 4.78 is 28.5. The first-order valence-corrected chi connectivity index (χ1v) is 9.28. The van der Waals surface area contributed by atoms with Gasteiger partial charge in [0.25, 0.3) is 0 Å². The van der Waals surface area contributed by atoms with Crippen LogP contribution in [0.1, 0.15) is 43.3 Å². The van der Waals surface area contributed by atoms with Gasteiger partial charge in [0, 0.05) is 6.42 Å². The van der Waals surface area contributed by atoms with Crippen molar-refractivity contribution in [3.8, 4) is 0 Å². The van der Waals surface area contributed by atoms with Gasteiger partial charge in [-0.25, -0.2) is 8.42 Å². The molecule has 1 aromatic rings. The Kier molecular flexibility index (Phi) is 6.10. The lowest BCUT2D eigenvalue weighted by Gasteiger charge is -2.19. The van der Waals surface area contributed by atoms with Gasteiger partial charge in [-0.15, -0.1) is 11.3 Å². The first-order valence-electron chi connectivity index (χ1n) is 6.58. The molecule has 1 rings (SSSR count). The molecule has 0 saturated carbocycles. The van der Waals surface area contributed by atoms with E-state index in [-0.39, 0.29) is 24.4 Å². The van der Waals surface area contributed by atoms with Crippen molar-refractivity contribution in [2.24, 2.45) is 0 Å². The van der Waals surface area contributed by atoms with Crippen molar-refractivity contribution in [1.29, 1.82) is 0 Å². The molecule has 0 amide bonds. The Balaban J connectivity index is 2.40. The van der Waals surface area contributed by atoms with Crippen molar-refractivity contribution >= 4 is 32.9 Å². The SMILES string of the molecule is CC(C)(C)OC(=O)CS(=O)(=O)CCCC(=O)c1cccs1. The summed E-state index contributed by atoms with van der Waals surface area (Å²) in [7, 11) is -3.54. The van der Waals surface area contributed by atoms with Crippen molar-refractivity contribution in [3.05, 3.63) is 22.4 Å². The van der Waals surface area contributed by atoms with Crippen LogP contribution < -0.4 is 0 Å². The van der Waals surface area contributed by atoms with Crippen LogP contribution in [0.4, 0.5) is 0 Å². The highest BCUT2D eigenvalue weighted by molar-refractivity contribution is 7.92. The molecule has 0 N–H and O–H groups in total. The average molecular weight is 332 g/mol. The lowest BCUT2D eigenvalue weighted by molar-refractivity contribution is -0.151. The van der Waals surface area contributed by atoms with E-state index < -0.39 is 27.2 Å². The van der Waals surface area contributed by atoms with Crippen molar-refractivity contribution in [2.45, 2.75) is 39.2 Å². The van der Waals surface area contributed by atoms with Gasteiger partial charge in [0.1, 0.15) is 11.4 Å². The monoisotopic (exact) mass is 332 g/mol. The lowest BCUT2D eigenvalue weighted by Crippen LogP contribution is -2.29. The van der Waals surface area contributed by atoms with Gasteiger partial charge in [-0.1, -0.05) is 6.07 Å². The predicted octanol–water partition coefficient (Wildman–Crippen LogP) is 2.47. The number of ether oxygens (including phenoxy) is 1. The van der Waals surface area contributed by atoms with E-state index in [1.807, 2.05) is 0 Å². The maximum atomic E-state index is 11.8. The third-order valence-electron chi connectivity index (χ3n) is 2.41. The third kappa shape index (κ3) is 7.38. The van der Waals surface area contributed by atoms with E-state index >= 15 is 0 Å². The summed E-state index contributed by atoms with van der Waals surface area (Å²) in [4.78, 5) is 23.8. The zero-order valence-electron chi connectivity index (χ0n) is 12.4. The van der Waals surface area contributed by atoms with Crippen molar-refractivity contribution < 1.29 is 22.7 Å². The van der Waals surface area contributed by atoms with Crippen LogP contribution in [0.3, 0.4) is 0 Å². The molecule has 0 fully saturated rings. The summed E-state index contributed by atoms with van der Waals surface area (Å²) in [5, 5.41) is 1.80. The molecular weight excluding hydrogens is 312 g/mol. The highest BCUT2D eigenvalue weighted by Crippen LogP contribution is 2.13. The Hall–Kier alpha value is -1.21. The standard InChI is InChI=1S/C14H20O5S2/c1-14(2,3)19-13(16)10-21(17,18)9-5-6-11(15)12-7-4-8-20-12/h4,7-8H,5-6,9-10H2,1-3H3. The Morgan fingerprint density at radius 2 is 1.95 bits per heavy atom. The molecule has 7 heteroatoms. The Morgan fingerprint density at radius 1 is 1.29 bits per heavy atom. The van der Waals surface area contributed by atoms with Gasteiger partial charge < -0.3 is 4.74 Å². The maximum absolute atomic E-state index is 11.8. The van der Waals surface area contributed by atoms with Crippen LogP contribution in [0.25, 0.3) is 0 Å². The Labute approximate surface area is 129 Å². The summed E-state index contributed by atoms with van der Waals surface area (Å²) >= 11 is 1.33. The third-order valence-corrected chi connectivity index (χ3v) is 4.91. The second-order valence-electron chi connectivity index (χ2n) is 5.68. The molecule has 0 spiro atoms. The zero-order valence-corrected chi connectivity index (χ0v) is 14.1. The number of rotatable bonds is 7. The molecule has 0 aliphatic heterocycles. The van der Waals surface area contributed by atoms with E-state index in [1.54, 1.807) is 38.3 Å². The highest BCUT2D eigenvalue weighted by Gasteiger charge is 2.22. The first kappa shape index (κ1) is 17.8. The topological polar surface area (TPSA) is 77.5 Å². The van der Waals surface area contributed by atoms with Crippen LogP contribution in [0.15, 0.2) is 17.5 Å². The minimum absolute atomic E-state index is 0.0718. The number of carbonyl (C=O) groups is 2. The predicted molar refractivity (Wildman–Crippen MR) is 82.4 cm³/mol. The van der Waals surface area contributed by atoms with Gasteiger partial charge >= 0.3 is 5.97 Å². The van der Waals surface area contributed by atoms with Crippen molar-refractivity contribution in [3.63, 3.8) is 0 Å². The van der Waals surface area contributed by atoms with Gasteiger partial charge in [-0.2, -0.15) is 0 Å². The second kappa shape index (κ2) is 7.17. The van der Waals surface area contributed by atoms with Gasteiger partial charge in [0.15, 0.2) is 15.6 Å². The molecular formula is C14H20O5S2. The summed E-state index contributed by atoms with van der Waals surface area (Å²) in [6.07, 6.45) is 0.371. The number of esters is 1. The minimum Gasteiger partial charge on any atom is -0.459 e. The molecule has 0 unspecified atom stereocenters. The number of thiophene rings is 1. The minimum atomic E-state index is -3.54. The summed E-state index contributed by atoms with van der Waals surface area (Å²) in [6, 6.07) is 3.49. The van der Waals surface area contributed by atoms with Crippen molar-refractivity contribution in [2.75, 3.05) is 11.5 Å². The number of hydrogen-bond acceptors (Lipinski definition) is 6. The van der Waals surface area contributed by atoms with E-state index in [4.69, 9.17) is 4.74 Å². The zero-order chi connectivity index (χ0) is 16.1. The average Bonchev–Trinajstić information content (AvgIpc) is 2.77. The molecule has 0 bridgehead atoms. The summed E-state index contributed by atoms with van der Waals surface area (Å²) in [5.74, 6) is -1.66. The normalized spacial score (nSPS) is 12.1. The number of sulfone groups is 1. The molecule has 0 aliphatic rings. The van der Waals surface area contributed by atoms with Crippen LogP contribution in [-0.2, 0) is 19.4 Å². The van der Waals surface area contributed by atoms with E-state index in [0.29, 0.717) is 4.88 Å². The lowest BCUT2D eigenvalue weighted by atomic mass is 10.2. The van der Waals surface area contributed by atoms with Crippen LogP contribution >= 0.6 is 11.3 Å². The maximum Gasteiger partial charge on any atom is 0.321 e. The smallest absolute Gasteiger partial charge is 0.321 e. The highest BCUT2D eigenvalue weighted by atomic mass is 32.2. The van der Waals surface area contributed by atoms with Crippen molar-refractivity contribution in [1.82, 2.24) is 0 Å². The number of hydrogen-bond donors (Lipinski definition) is 0. The van der Waals surface area contributed by atoms with E-state index in [9.17, 15) is 18.0 Å². The Morgan fingerprint density at radius 3 is 2.48 bits per heavy atom. The van der Waals surface area contributed by atoms with Gasteiger partial charge in [-0.3, -0.25) is 9.59 Å². The Bertz CT molecular complexity index is 579. The molecule has 0 radical (unpaired) electrons. The van der Waals surface area contributed by atoms with Gasteiger partial charge in [-0.05, 0) is 38.6 Å². The fourth-order valence-corrected chi connectivity index (χ4v) is 3.48. The number of Topliss-reactive ketones (excluding diaryl/α,β-unsaturated/α-hetero) is 1. The van der Waals surface area contributed by atoms with Crippen LogP contribution in [0, 0.1) is 0 Å². The molecule has 0 aliphatic carbocycles. The van der Waals surface area contributed by atoms with Crippen LogP contribution in [0.2, 0.25) is 0 Å². The molecule has 118 valence electrons. The van der Waals surface area contributed by atoms with Gasteiger partial charge in [0.05, 0.1) is 10.6 Å². The summed E-state index contributed by atoms with van der Waals surface area (Å²) in [5.41, 5.74) is -0.707. The molecule has 21 heavy (non-hydrogen) atoms. The summed E-state index contributed by atoms with van der Waals surface area (Å²) in [6.45, 7) is 5.03. The molecule has 1 aromatic heterocycles. The van der Waals surface area contributed by atoms with E-state index in [2.05, 4.69) is 0 Å². The van der Waals surface area contributed by atoms with Crippen LogP contribution in [-0.4, -0.2) is 37.3 Å². The number of carbonyl (C=O) groups excluding carboxylic acids is 2. The van der Waals surface area contributed by atoms with E-state index in [0.717, 1.165) is 0 Å². The molecule has 5 nitrogen and oxygen atoms in total. The largest absolute Gasteiger partial charge is 0.459 e. The fraction of sp³-hybridized carbons (Fsp3) is 0.571.